The molecule has 2 atom stereocenters. The first-order valence-corrected chi connectivity index (χ1v) is 6.88. The summed E-state index contributed by atoms with van der Waals surface area (Å²) in [5, 5.41) is 8.77. The fourth-order valence-electron chi connectivity index (χ4n) is 2.37. The number of hydrogen-bond donors (Lipinski definition) is 0. The average molecular weight is 252 g/mol. The Morgan fingerprint density at radius 3 is 2.61 bits per heavy atom. The zero-order valence-electron chi connectivity index (χ0n) is 11.7. The van der Waals surface area contributed by atoms with E-state index in [4.69, 9.17) is 10.00 Å². The van der Waals surface area contributed by atoms with Gasteiger partial charge >= 0.3 is 0 Å². The molecule has 1 aliphatic carbocycles. The van der Waals surface area contributed by atoms with Crippen LogP contribution in [0.3, 0.4) is 0 Å². The summed E-state index contributed by atoms with van der Waals surface area (Å²) >= 11 is 0. The van der Waals surface area contributed by atoms with E-state index < -0.39 is 0 Å². The third-order valence-electron chi connectivity index (χ3n) is 3.45. The highest BCUT2D eigenvalue weighted by Gasteiger charge is 2.26. The van der Waals surface area contributed by atoms with Crippen LogP contribution in [0.4, 0.5) is 0 Å². The van der Waals surface area contributed by atoms with Crippen molar-refractivity contribution in [1.82, 2.24) is 4.90 Å². The van der Waals surface area contributed by atoms with E-state index in [1.165, 1.54) is 12.8 Å². The molecule has 102 valence electrons. The molecule has 0 saturated heterocycles. The number of rotatable bonds is 6. The van der Waals surface area contributed by atoms with Gasteiger partial charge in [0.25, 0.3) is 5.91 Å². The smallest absolute Gasteiger partial charge is 0.251 e. The molecule has 0 aliphatic heterocycles. The minimum Gasteiger partial charge on any atom is -0.365 e. The summed E-state index contributed by atoms with van der Waals surface area (Å²) in [5.74, 6) is -0.130. The summed E-state index contributed by atoms with van der Waals surface area (Å²) in [4.78, 5) is 13.8. The standard InChI is InChI=1S/C14H24N2O2/c1-4-13(18-12-7-5-6-8-12)14(17)16(3)10-11(2)9-15/h11-13H,4-8,10H2,1-3H3/t11-,13+/m1/s1. The van der Waals surface area contributed by atoms with Crippen molar-refractivity contribution in [2.75, 3.05) is 13.6 Å². The number of amides is 1. The lowest BCUT2D eigenvalue weighted by molar-refractivity contribution is -0.146. The summed E-state index contributed by atoms with van der Waals surface area (Å²) in [5.41, 5.74) is 0. The summed E-state index contributed by atoms with van der Waals surface area (Å²) in [7, 11) is 1.75. The van der Waals surface area contributed by atoms with Gasteiger partial charge in [-0.2, -0.15) is 5.26 Å². The molecule has 18 heavy (non-hydrogen) atoms. The molecule has 0 aromatic heterocycles. The van der Waals surface area contributed by atoms with Crippen molar-refractivity contribution in [1.29, 1.82) is 5.26 Å². The highest BCUT2D eigenvalue weighted by Crippen LogP contribution is 2.23. The molecule has 4 nitrogen and oxygen atoms in total. The van der Waals surface area contributed by atoms with E-state index in [0.717, 1.165) is 12.8 Å². The Kier molecular flexibility index (Phi) is 6.14. The monoisotopic (exact) mass is 252 g/mol. The molecule has 0 spiro atoms. The number of hydrogen-bond acceptors (Lipinski definition) is 3. The Morgan fingerprint density at radius 1 is 1.50 bits per heavy atom. The molecular weight excluding hydrogens is 228 g/mol. The second-order valence-corrected chi connectivity index (χ2v) is 5.19. The average Bonchev–Trinajstić information content (AvgIpc) is 2.87. The van der Waals surface area contributed by atoms with Crippen molar-refractivity contribution in [2.45, 2.75) is 58.2 Å². The van der Waals surface area contributed by atoms with Gasteiger partial charge in [0.05, 0.1) is 18.1 Å². The molecule has 1 amide bonds. The van der Waals surface area contributed by atoms with Crippen LogP contribution in [0.1, 0.15) is 46.0 Å². The van der Waals surface area contributed by atoms with E-state index in [9.17, 15) is 4.79 Å². The largest absolute Gasteiger partial charge is 0.365 e. The zero-order valence-corrected chi connectivity index (χ0v) is 11.7. The van der Waals surface area contributed by atoms with Crippen molar-refractivity contribution >= 4 is 5.91 Å². The van der Waals surface area contributed by atoms with Crippen molar-refractivity contribution < 1.29 is 9.53 Å². The number of nitriles is 1. The van der Waals surface area contributed by atoms with E-state index in [-0.39, 0.29) is 24.0 Å². The van der Waals surface area contributed by atoms with E-state index in [1.807, 2.05) is 13.8 Å². The summed E-state index contributed by atoms with van der Waals surface area (Å²) in [6, 6.07) is 2.15. The maximum absolute atomic E-state index is 12.2. The van der Waals surface area contributed by atoms with E-state index >= 15 is 0 Å². The Hall–Kier alpha value is -1.08. The van der Waals surface area contributed by atoms with Crippen molar-refractivity contribution in [2.24, 2.45) is 5.92 Å². The van der Waals surface area contributed by atoms with Gasteiger partial charge in [0.1, 0.15) is 6.10 Å². The van der Waals surface area contributed by atoms with Crippen LogP contribution >= 0.6 is 0 Å². The number of ether oxygens (including phenoxy) is 1. The number of likely N-dealkylation sites (N-methyl/N-ethyl adjacent to an activating group) is 1. The molecule has 0 radical (unpaired) electrons. The van der Waals surface area contributed by atoms with Crippen LogP contribution in [0.5, 0.6) is 0 Å². The molecule has 0 unspecified atom stereocenters. The van der Waals surface area contributed by atoms with Crippen molar-refractivity contribution in [3.63, 3.8) is 0 Å². The highest BCUT2D eigenvalue weighted by atomic mass is 16.5. The van der Waals surface area contributed by atoms with Gasteiger partial charge in [0.2, 0.25) is 0 Å². The van der Waals surface area contributed by atoms with Gasteiger partial charge in [-0.25, -0.2) is 0 Å². The fraction of sp³-hybridized carbons (Fsp3) is 0.857. The molecule has 0 bridgehead atoms. The minimum absolute atomic E-state index is 0.00602. The second kappa shape index (κ2) is 7.38. The van der Waals surface area contributed by atoms with Gasteiger partial charge in [-0.3, -0.25) is 4.79 Å². The molecular formula is C14H24N2O2. The number of nitrogens with zero attached hydrogens (tertiary/aromatic N) is 2. The lowest BCUT2D eigenvalue weighted by atomic mass is 10.1. The van der Waals surface area contributed by atoms with Gasteiger partial charge in [-0.05, 0) is 26.2 Å². The second-order valence-electron chi connectivity index (χ2n) is 5.19. The zero-order chi connectivity index (χ0) is 13.5. The van der Waals surface area contributed by atoms with E-state index in [2.05, 4.69) is 6.07 Å². The van der Waals surface area contributed by atoms with E-state index in [1.54, 1.807) is 11.9 Å². The third-order valence-corrected chi connectivity index (χ3v) is 3.45. The Bertz CT molecular complexity index is 305. The fourth-order valence-corrected chi connectivity index (χ4v) is 2.37. The summed E-state index contributed by atoms with van der Waals surface area (Å²) in [6.07, 6.45) is 5.16. The number of carbonyl (C=O) groups is 1. The predicted octanol–water partition coefficient (Wildman–Crippen LogP) is 2.34. The molecule has 0 aromatic rings. The molecule has 1 aliphatic rings. The number of carbonyl (C=O) groups excluding carboxylic acids is 1. The highest BCUT2D eigenvalue weighted by molar-refractivity contribution is 5.80. The van der Waals surface area contributed by atoms with Crippen LogP contribution in [-0.2, 0) is 9.53 Å². The molecule has 1 rings (SSSR count). The third kappa shape index (κ3) is 4.30. The lowest BCUT2D eigenvalue weighted by Gasteiger charge is -2.26. The Balaban J connectivity index is 2.47. The maximum Gasteiger partial charge on any atom is 0.251 e. The summed E-state index contributed by atoms with van der Waals surface area (Å²) in [6.45, 7) is 4.27. The van der Waals surface area contributed by atoms with Gasteiger partial charge in [-0.15, -0.1) is 0 Å². The van der Waals surface area contributed by atoms with Gasteiger partial charge in [0.15, 0.2) is 0 Å². The Labute approximate surface area is 110 Å². The van der Waals surface area contributed by atoms with Crippen LogP contribution in [0.15, 0.2) is 0 Å². The Morgan fingerprint density at radius 2 is 2.11 bits per heavy atom. The van der Waals surface area contributed by atoms with Gasteiger partial charge in [-0.1, -0.05) is 19.8 Å². The van der Waals surface area contributed by atoms with E-state index in [0.29, 0.717) is 13.0 Å². The molecule has 0 heterocycles. The normalized spacial score (nSPS) is 19.2. The lowest BCUT2D eigenvalue weighted by Crippen LogP contribution is -2.41. The van der Waals surface area contributed by atoms with Gasteiger partial charge in [0, 0.05) is 13.6 Å². The maximum atomic E-state index is 12.2. The SMILES string of the molecule is CC[C@H](OC1CCCC1)C(=O)N(C)C[C@H](C)C#N. The quantitative estimate of drug-likeness (QED) is 0.729. The topological polar surface area (TPSA) is 53.3 Å². The molecule has 1 fully saturated rings. The molecule has 0 aromatic carbocycles. The van der Waals surface area contributed by atoms with Gasteiger partial charge < -0.3 is 9.64 Å². The predicted molar refractivity (Wildman–Crippen MR) is 69.8 cm³/mol. The van der Waals surface area contributed by atoms with Crippen LogP contribution < -0.4 is 0 Å². The van der Waals surface area contributed by atoms with Crippen molar-refractivity contribution in [3.05, 3.63) is 0 Å². The first-order valence-electron chi connectivity index (χ1n) is 6.88. The van der Waals surface area contributed by atoms with Crippen LogP contribution in [0, 0.1) is 17.2 Å². The summed E-state index contributed by atoms with van der Waals surface area (Å²) < 4.78 is 5.88. The molecule has 4 heteroatoms. The van der Waals surface area contributed by atoms with Crippen molar-refractivity contribution in [3.8, 4) is 6.07 Å². The minimum atomic E-state index is -0.344. The molecule has 1 saturated carbocycles. The first kappa shape index (κ1) is 15.0. The van der Waals surface area contributed by atoms with Crippen LogP contribution in [0.2, 0.25) is 0 Å². The first-order chi connectivity index (χ1) is 8.58. The van der Waals surface area contributed by atoms with Crippen LogP contribution in [-0.4, -0.2) is 36.6 Å². The molecule has 0 N–H and O–H groups in total. The van der Waals surface area contributed by atoms with Crippen LogP contribution in [0.25, 0.3) is 0 Å².